The Labute approximate surface area is 133 Å². The molecule has 0 saturated carbocycles. The van der Waals surface area contributed by atoms with Crippen LogP contribution in [0.1, 0.15) is 34.3 Å². The van der Waals surface area contributed by atoms with Gasteiger partial charge in [-0.2, -0.15) is 0 Å². The van der Waals surface area contributed by atoms with Gasteiger partial charge in [-0.15, -0.1) is 0 Å². The molecule has 2 amide bonds. The molecule has 0 radical (unpaired) electrons. The quantitative estimate of drug-likeness (QED) is 0.797. The number of hydrogen-bond donors (Lipinski definition) is 2. The van der Waals surface area contributed by atoms with Gasteiger partial charge in [0.1, 0.15) is 0 Å². The molecule has 2 N–H and O–H groups in total. The van der Waals surface area contributed by atoms with Gasteiger partial charge in [-0.05, 0) is 36.8 Å². The summed E-state index contributed by atoms with van der Waals surface area (Å²) in [5.41, 5.74) is 4.90. The molecule has 0 bridgehead atoms. The molecular formula is C16H18N2O5. The van der Waals surface area contributed by atoms with Crippen LogP contribution in [0.3, 0.4) is 0 Å². The predicted molar refractivity (Wildman–Crippen MR) is 82.4 cm³/mol. The van der Waals surface area contributed by atoms with Gasteiger partial charge >= 0.3 is 5.91 Å². The summed E-state index contributed by atoms with van der Waals surface area (Å²) in [4.78, 5) is 23.7. The summed E-state index contributed by atoms with van der Waals surface area (Å²) in [6.07, 6.45) is 2.24. The van der Waals surface area contributed by atoms with E-state index in [1.165, 1.54) is 19.4 Å². The van der Waals surface area contributed by atoms with E-state index in [9.17, 15) is 9.59 Å². The van der Waals surface area contributed by atoms with Crippen LogP contribution in [0.2, 0.25) is 0 Å². The van der Waals surface area contributed by atoms with Gasteiger partial charge < -0.3 is 13.9 Å². The Bertz CT molecular complexity index is 667. The Morgan fingerprint density at radius 2 is 1.91 bits per heavy atom. The fourth-order valence-corrected chi connectivity index (χ4v) is 1.80. The SMILES string of the molecule is CCCOc1ccc(C(=O)NNC(=O)c2ccco2)cc1OC. The van der Waals surface area contributed by atoms with Gasteiger partial charge in [-0.3, -0.25) is 20.4 Å². The van der Waals surface area contributed by atoms with E-state index in [-0.39, 0.29) is 5.76 Å². The Kier molecular flexibility index (Phi) is 5.62. The zero-order valence-electron chi connectivity index (χ0n) is 12.9. The molecule has 0 aliphatic carbocycles. The third-order valence-electron chi connectivity index (χ3n) is 2.92. The Hall–Kier alpha value is -2.96. The van der Waals surface area contributed by atoms with E-state index in [0.717, 1.165) is 6.42 Å². The van der Waals surface area contributed by atoms with Crippen LogP contribution in [-0.2, 0) is 0 Å². The minimum Gasteiger partial charge on any atom is -0.493 e. The summed E-state index contributed by atoms with van der Waals surface area (Å²) in [7, 11) is 1.49. The Morgan fingerprint density at radius 1 is 1.13 bits per heavy atom. The number of furan rings is 1. The van der Waals surface area contributed by atoms with Crippen LogP contribution in [-0.4, -0.2) is 25.5 Å². The number of carbonyl (C=O) groups excluding carboxylic acids is 2. The molecule has 0 atom stereocenters. The molecule has 0 fully saturated rings. The van der Waals surface area contributed by atoms with E-state index in [1.54, 1.807) is 24.3 Å². The van der Waals surface area contributed by atoms with E-state index < -0.39 is 11.8 Å². The highest BCUT2D eigenvalue weighted by molar-refractivity contribution is 5.98. The van der Waals surface area contributed by atoms with E-state index in [1.807, 2.05) is 6.92 Å². The van der Waals surface area contributed by atoms with Gasteiger partial charge in [-0.25, -0.2) is 0 Å². The molecule has 0 unspecified atom stereocenters. The number of amides is 2. The second-order valence-corrected chi connectivity index (χ2v) is 4.60. The van der Waals surface area contributed by atoms with Gasteiger partial charge in [0.05, 0.1) is 20.0 Å². The molecule has 0 aliphatic rings. The maximum absolute atomic E-state index is 12.1. The van der Waals surface area contributed by atoms with Crippen LogP contribution < -0.4 is 20.3 Å². The van der Waals surface area contributed by atoms with Gasteiger partial charge in [-0.1, -0.05) is 6.92 Å². The van der Waals surface area contributed by atoms with Crippen LogP contribution in [0.5, 0.6) is 11.5 Å². The maximum Gasteiger partial charge on any atom is 0.305 e. The molecule has 1 aromatic carbocycles. The molecule has 0 aliphatic heterocycles. The molecule has 2 rings (SSSR count). The van der Waals surface area contributed by atoms with Crippen molar-refractivity contribution in [3.8, 4) is 11.5 Å². The molecule has 23 heavy (non-hydrogen) atoms. The first-order valence-corrected chi connectivity index (χ1v) is 7.10. The van der Waals surface area contributed by atoms with E-state index in [0.29, 0.717) is 23.7 Å². The lowest BCUT2D eigenvalue weighted by Crippen LogP contribution is -2.41. The van der Waals surface area contributed by atoms with Crippen molar-refractivity contribution in [1.29, 1.82) is 0 Å². The van der Waals surface area contributed by atoms with Crippen molar-refractivity contribution in [3.63, 3.8) is 0 Å². The minimum absolute atomic E-state index is 0.103. The highest BCUT2D eigenvalue weighted by atomic mass is 16.5. The lowest BCUT2D eigenvalue weighted by Gasteiger charge is -2.12. The number of benzene rings is 1. The van der Waals surface area contributed by atoms with E-state index in [4.69, 9.17) is 13.9 Å². The Morgan fingerprint density at radius 3 is 2.57 bits per heavy atom. The smallest absolute Gasteiger partial charge is 0.305 e. The third-order valence-corrected chi connectivity index (χ3v) is 2.92. The van der Waals surface area contributed by atoms with Crippen molar-refractivity contribution < 1.29 is 23.5 Å². The molecular weight excluding hydrogens is 300 g/mol. The number of methoxy groups -OCH3 is 1. The molecule has 7 heteroatoms. The number of hydrazine groups is 1. The standard InChI is InChI=1S/C16H18N2O5/c1-3-8-22-12-7-6-11(10-14(12)21-2)15(19)17-18-16(20)13-5-4-9-23-13/h4-7,9-10H,3,8H2,1-2H3,(H,17,19)(H,18,20). The highest BCUT2D eigenvalue weighted by Crippen LogP contribution is 2.28. The number of ether oxygens (including phenoxy) is 2. The summed E-state index contributed by atoms with van der Waals surface area (Å²) in [6, 6.07) is 7.85. The van der Waals surface area contributed by atoms with Crippen LogP contribution >= 0.6 is 0 Å². The second kappa shape index (κ2) is 7.88. The van der Waals surface area contributed by atoms with Crippen molar-refractivity contribution in [1.82, 2.24) is 10.9 Å². The number of hydrogen-bond acceptors (Lipinski definition) is 5. The van der Waals surface area contributed by atoms with Gasteiger partial charge in [0.2, 0.25) is 0 Å². The molecule has 1 aromatic heterocycles. The lowest BCUT2D eigenvalue weighted by atomic mass is 10.2. The first-order chi connectivity index (χ1) is 11.2. The summed E-state index contributed by atoms with van der Waals surface area (Å²) < 4.78 is 15.7. The minimum atomic E-state index is -0.543. The zero-order chi connectivity index (χ0) is 16.7. The van der Waals surface area contributed by atoms with E-state index in [2.05, 4.69) is 10.9 Å². The van der Waals surface area contributed by atoms with Crippen molar-refractivity contribution in [2.45, 2.75) is 13.3 Å². The molecule has 0 spiro atoms. The topological polar surface area (TPSA) is 89.8 Å². The average molecular weight is 318 g/mol. The average Bonchev–Trinajstić information content (AvgIpc) is 3.12. The monoisotopic (exact) mass is 318 g/mol. The van der Waals surface area contributed by atoms with Crippen molar-refractivity contribution in [2.75, 3.05) is 13.7 Å². The summed E-state index contributed by atoms with van der Waals surface area (Å²) in [5, 5.41) is 0. The largest absolute Gasteiger partial charge is 0.493 e. The zero-order valence-corrected chi connectivity index (χ0v) is 12.9. The van der Waals surface area contributed by atoms with Crippen molar-refractivity contribution >= 4 is 11.8 Å². The van der Waals surface area contributed by atoms with Crippen molar-refractivity contribution in [2.24, 2.45) is 0 Å². The number of rotatable bonds is 6. The summed E-state index contributed by atoms with van der Waals surface area (Å²) in [5.74, 6) is 0.0867. The van der Waals surface area contributed by atoms with E-state index >= 15 is 0 Å². The maximum atomic E-state index is 12.1. The molecule has 122 valence electrons. The Balaban J connectivity index is 2.00. The third kappa shape index (κ3) is 4.26. The normalized spacial score (nSPS) is 10.0. The molecule has 1 heterocycles. The van der Waals surface area contributed by atoms with Crippen LogP contribution in [0.25, 0.3) is 0 Å². The molecule has 0 saturated heterocycles. The van der Waals surface area contributed by atoms with Crippen LogP contribution in [0.15, 0.2) is 41.0 Å². The second-order valence-electron chi connectivity index (χ2n) is 4.60. The highest BCUT2D eigenvalue weighted by Gasteiger charge is 2.13. The van der Waals surface area contributed by atoms with Crippen molar-refractivity contribution in [3.05, 3.63) is 47.9 Å². The summed E-state index contributed by atoms with van der Waals surface area (Å²) in [6.45, 7) is 2.55. The summed E-state index contributed by atoms with van der Waals surface area (Å²) >= 11 is 0. The first kappa shape index (κ1) is 16.4. The lowest BCUT2D eigenvalue weighted by molar-refractivity contribution is 0.0830. The van der Waals surface area contributed by atoms with Gasteiger partial charge in [0.15, 0.2) is 17.3 Å². The predicted octanol–water partition coefficient (Wildman–Crippen LogP) is 2.15. The molecule has 7 nitrogen and oxygen atoms in total. The van der Waals surface area contributed by atoms with Gasteiger partial charge in [0.25, 0.3) is 5.91 Å². The first-order valence-electron chi connectivity index (χ1n) is 7.10. The van der Waals surface area contributed by atoms with Crippen LogP contribution in [0, 0.1) is 0 Å². The molecule has 2 aromatic rings. The van der Waals surface area contributed by atoms with Gasteiger partial charge in [0, 0.05) is 5.56 Å². The fraction of sp³-hybridized carbons (Fsp3) is 0.250. The van der Waals surface area contributed by atoms with Crippen LogP contribution in [0.4, 0.5) is 0 Å². The number of nitrogens with one attached hydrogen (secondary N) is 2. The fourth-order valence-electron chi connectivity index (χ4n) is 1.80. The number of carbonyl (C=O) groups is 2.